The van der Waals surface area contributed by atoms with Crippen LogP contribution in [-0.4, -0.2) is 19.7 Å². The highest BCUT2D eigenvalue weighted by molar-refractivity contribution is 6.32. The van der Waals surface area contributed by atoms with Crippen molar-refractivity contribution < 1.29 is 4.92 Å². The molecule has 2 heterocycles. The van der Waals surface area contributed by atoms with Crippen LogP contribution in [0.25, 0.3) is 16.6 Å². The Hall–Kier alpha value is -3.65. The molecule has 0 fully saturated rings. The van der Waals surface area contributed by atoms with Crippen molar-refractivity contribution in [3.05, 3.63) is 92.0 Å². The molecule has 0 bridgehead atoms. The molecular formula is C19H14ClN5O3. The standard InChI is InChI=1S/C19H14ClN5O3/c20-18-17(21-10-13-9-12-3-1-2-4-16(12)23-13)11-22-24(19(18)26)14-5-7-15(8-6-14)25(27)28/h1-9,11,21,23H,10H2. The maximum atomic E-state index is 12.5. The first-order valence-electron chi connectivity index (χ1n) is 8.36. The summed E-state index contributed by atoms with van der Waals surface area (Å²) in [6, 6.07) is 15.4. The maximum absolute atomic E-state index is 12.5. The van der Waals surface area contributed by atoms with E-state index in [1.165, 1.54) is 30.5 Å². The molecule has 2 N–H and O–H groups in total. The predicted octanol–water partition coefficient (Wildman–Crippen LogP) is 3.89. The fraction of sp³-hybridized carbons (Fsp3) is 0.0526. The van der Waals surface area contributed by atoms with Crippen molar-refractivity contribution in [1.29, 1.82) is 0 Å². The third-order valence-corrected chi connectivity index (χ3v) is 4.64. The summed E-state index contributed by atoms with van der Waals surface area (Å²) in [5, 5.41) is 19.1. The molecule has 0 saturated carbocycles. The van der Waals surface area contributed by atoms with Crippen molar-refractivity contribution in [2.24, 2.45) is 0 Å². The number of anilines is 1. The Morgan fingerprint density at radius 3 is 2.64 bits per heavy atom. The van der Waals surface area contributed by atoms with E-state index in [2.05, 4.69) is 15.4 Å². The molecular weight excluding hydrogens is 382 g/mol. The van der Waals surface area contributed by atoms with Gasteiger partial charge in [-0.25, -0.2) is 0 Å². The van der Waals surface area contributed by atoms with Gasteiger partial charge in [0.05, 0.1) is 29.0 Å². The van der Waals surface area contributed by atoms with Crippen LogP contribution in [0.2, 0.25) is 5.02 Å². The average Bonchev–Trinajstić information content (AvgIpc) is 3.12. The number of rotatable bonds is 5. The number of nitrogens with zero attached hydrogens (tertiary/aromatic N) is 3. The van der Waals surface area contributed by atoms with E-state index in [1.807, 2.05) is 30.3 Å². The Morgan fingerprint density at radius 1 is 1.18 bits per heavy atom. The lowest BCUT2D eigenvalue weighted by Crippen LogP contribution is -2.22. The molecule has 4 aromatic rings. The molecule has 0 unspecified atom stereocenters. The molecule has 8 nitrogen and oxygen atoms in total. The van der Waals surface area contributed by atoms with Crippen LogP contribution >= 0.6 is 11.6 Å². The molecule has 0 amide bonds. The molecule has 140 valence electrons. The number of nitro groups is 1. The van der Waals surface area contributed by atoms with Gasteiger partial charge in [0.1, 0.15) is 5.02 Å². The third-order valence-electron chi connectivity index (χ3n) is 4.28. The van der Waals surface area contributed by atoms with Crippen LogP contribution in [0.15, 0.2) is 65.6 Å². The van der Waals surface area contributed by atoms with E-state index in [4.69, 9.17) is 11.6 Å². The van der Waals surface area contributed by atoms with Gasteiger partial charge in [0.2, 0.25) is 0 Å². The lowest BCUT2D eigenvalue weighted by molar-refractivity contribution is -0.384. The van der Waals surface area contributed by atoms with Crippen LogP contribution in [0.5, 0.6) is 0 Å². The summed E-state index contributed by atoms with van der Waals surface area (Å²) in [5.41, 5.74) is 2.17. The molecule has 0 spiro atoms. The van der Waals surface area contributed by atoms with Gasteiger partial charge in [0.15, 0.2) is 0 Å². The second kappa shape index (κ2) is 7.16. The van der Waals surface area contributed by atoms with Crippen LogP contribution in [0.4, 0.5) is 11.4 Å². The van der Waals surface area contributed by atoms with Gasteiger partial charge >= 0.3 is 0 Å². The summed E-state index contributed by atoms with van der Waals surface area (Å²) < 4.78 is 1.10. The number of nitrogens with one attached hydrogen (secondary N) is 2. The monoisotopic (exact) mass is 395 g/mol. The molecule has 2 aromatic heterocycles. The molecule has 9 heteroatoms. The summed E-state index contributed by atoms with van der Waals surface area (Å²) in [7, 11) is 0. The minimum absolute atomic E-state index is 0.00976. The number of hydrogen-bond acceptors (Lipinski definition) is 5. The van der Waals surface area contributed by atoms with Crippen LogP contribution in [0, 0.1) is 10.1 Å². The minimum atomic E-state index is -0.517. The van der Waals surface area contributed by atoms with Gasteiger partial charge in [-0.1, -0.05) is 29.8 Å². The quantitative estimate of drug-likeness (QED) is 0.394. The fourth-order valence-corrected chi connectivity index (χ4v) is 3.07. The molecule has 0 radical (unpaired) electrons. The van der Waals surface area contributed by atoms with Gasteiger partial charge in [0, 0.05) is 23.3 Å². The second-order valence-corrected chi connectivity index (χ2v) is 6.48. The van der Waals surface area contributed by atoms with Crippen molar-refractivity contribution in [3.8, 4) is 5.69 Å². The molecule has 28 heavy (non-hydrogen) atoms. The average molecular weight is 396 g/mol. The maximum Gasteiger partial charge on any atom is 0.292 e. The molecule has 0 aliphatic rings. The highest BCUT2D eigenvalue weighted by Gasteiger charge is 2.12. The summed E-state index contributed by atoms with van der Waals surface area (Å²) in [5.74, 6) is 0. The van der Waals surface area contributed by atoms with Crippen LogP contribution in [0.1, 0.15) is 5.69 Å². The van der Waals surface area contributed by atoms with E-state index in [0.29, 0.717) is 17.9 Å². The van der Waals surface area contributed by atoms with Crippen molar-refractivity contribution in [2.75, 3.05) is 5.32 Å². The number of fused-ring (bicyclic) bond motifs is 1. The number of aromatic nitrogens is 3. The zero-order valence-corrected chi connectivity index (χ0v) is 15.2. The summed E-state index contributed by atoms with van der Waals surface area (Å²) >= 11 is 6.22. The Kier molecular flexibility index (Phi) is 4.54. The Labute approximate surface area is 163 Å². The lowest BCUT2D eigenvalue weighted by atomic mass is 10.2. The highest BCUT2D eigenvalue weighted by Crippen LogP contribution is 2.20. The number of nitro benzene ring substituents is 1. The summed E-state index contributed by atoms with van der Waals surface area (Å²) in [6.07, 6.45) is 1.45. The third kappa shape index (κ3) is 3.33. The smallest absolute Gasteiger partial charge is 0.292 e. The van der Waals surface area contributed by atoms with E-state index in [9.17, 15) is 14.9 Å². The first kappa shape index (κ1) is 17.7. The van der Waals surface area contributed by atoms with E-state index in [0.717, 1.165) is 21.3 Å². The molecule has 0 saturated heterocycles. The van der Waals surface area contributed by atoms with Crippen molar-refractivity contribution in [1.82, 2.24) is 14.8 Å². The van der Waals surface area contributed by atoms with E-state index < -0.39 is 10.5 Å². The van der Waals surface area contributed by atoms with Crippen molar-refractivity contribution in [2.45, 2.75) is 6.54 Å². The van der Waals surface area contributed by atoms with Gasteiger partial charge in [-0.05, 0) is 29.7 Å². The Balaban J connectivity index is 1.57. The van der Waals surface area contributed by atoms with Gasteiger partial charge < -0.3 is 10.3 Å². The van der Waals surface area contributed by atoms with Gasteiger partial charge in [0.25, 0.3) is 11.2 Å². The topological polar surface area (TPSA) is 106 Å². The van der Waals surface area contributed by atoms with Crippen LogP contribution < -0.4 is 10.9 Å². The Morgan fingerprint density at radius 2 is 1.93 bits per heavy atom. The van der Waals surface area contributed by atoms with Gasteiger partial charge in [-0.3, -0.25) is 14.9 Å². The van der Waals surface area contributed by atoms with E-state index in [-0.39, 0.29) is 10.7 Å². The molecule has 0 atom stereocenters. The number of para-hydroxylation sites is 1. The molecule has 2 aromatic carbocycles. The lowest BCUT2D eigenvalue weighted by Gasteiger charge is -2.09. The number of hydrogen-bond donors (Lipinski definition) is 2. The zero-order chi connectivity index (χ0) is 19.7. The van der Waals surface area contributed by atoms with E-state index >= 15 is 0 Å². The predicted molar refractivity (Wildman–Crippen MR) is 107 cm³/mol. The first-order valence-corrected chi connectivity index (χ1v) is 8.74. The van der Waals surface area contributed by atoms with Crippen LogP contribution in [-0.2, 0) is 6.54 Å². The molecule has 0 aliphatic carbocycles. The Bertz CT molecular complexity index is 1200. The first-order chi connectivity index (χ1) is 13.5. The van der Waals surface area contributed by atoms with Crippen LogP contribution in [0.3, 0.4) is 0 Å². The fourth-order valence-electron chi connectivity index (χ4n) is 2.87. The molecule has 4 rings (SSSR count). The van der Waals surface area contributed by atoms with Crippen molar-refractivity contribution >= 4 is 33.9 Å². The van der Waals surface area contributed by atoms with Gasteiger partial charge in [-0.2, -0.15) is 9.78 Å². The number of aromatic amines is 1. The summed E-state index contributed by atoms with van der Waals surface area (Å²) in [4.78, 5) is 26.1. The molecule has 0 aliphatic heterocycles. The minimum Gasteiger partial charge on any atom is -0.377 e. The van der Waals surface area contributed by atoms with E-state index in [1.54, 1.807) is 0 Å². The van der Waals surface area contributed by atoms with Crippen molar-refractivity contribution in [3.63, 3.8) is 0 Å². The highest BCUT2D eigenvalue weighted by atomic mass is 35.5. The zero-order valence-electron chi connectivity index (χ0n) is 14.4. The number of non-ortho nitro benzene ring substituents is 1. The summed E-state index contributed by atoms with van der Waals surface area (Å²) in [6.45, 7) is 0.442. The second-order valence-electron chi connectivity index (χ2n) is 6.10. The normalized spacial score (nSPS) is 10.9. The SMILES string of the molecule is O=c1c(Cl)c(NCc2cc3ccccc3[nH]2)cnn1-c1ccc([N+](=O)[O-])cc1. The largest absolute Gasteiger partial charge is 0.377 e. The number of halogens is 1. The van der Waals surface area contributed by atoms with Gasteiger partial charge in [-0.15, -0.1) is 0 Å². The number of H-pyrrole nitrogens is 1. The number of benzene rings is 2.